The van der Waals surface area contributed by atoms with Crippen molar-refractivity contribution < 1.29 is 15.0 Å². The van der Waals surface area contributed by atoms with Crippen LogP contribution in [-0.4, -0.2) is 27.2 Å². The van der Waals surface area contributed by atoms with Crippen LogP contribution < -0.4 is 0 Å². The molecule has 0 spiro atoms. The highest BCUT2D eigenvalue weighted by molar-refractivity contribution is 5.85. The number of rotatable bonds is 5. The van der Waals surface area contributed by atoms with Crippen LogP contribution in [0.5, 0.6) is 0 Å². The molecule has 4 saturated carbocycles. The normalized spacial score (nSPS) is 46.0. The minimum Gasteiger partial charge on any atom is -0.390 e. The van der Waals surface area contributed by atoms with E-state index in [0.717, 1.165) is 32.1 Å². The van der Waals surface area contributed by atoms with Gasteiger partial charge in [-0.05, 0) is 118 Å². The average molecular weight is 473 g/mol. The Labute approximate surface area is 209 Å². The molecule has 0 bridgehead atoms. The van der Waals surface area contributed by atoms with Gasteiger partial charge in [-0.25, -0.2) is 0 Å². The predicted octanol–water partition coefficient (Wildman–Crippen LogP) is 7.10. The molecule has 0 amide bonds. The van der Waals surface area contributed by atoms with Crippen LogP contribution in [0.15, 0.2) is 12.2 Å². The van der Waals surface area contributed by atoms with Gasteiger partial charge in [-0.2, -0.15) is 0 Å². The zero-order valence-corrected chi connectivity index (χ0v) is 23.3. The Morgan fingerprint density at radius 2 is 1.53 bits per heavy atom. The molecule has 34 heavy (non-hydrogen) atoms. The number of carbonyl (C=O) groups excluding carboxylic acids is 1. The van der Waals surface area contributed by atoms with Crippen LogP contribution in [0.2, 0.25) is 0 Å². The van der Waals surface area contributed by atoms with Gasteiger partial charge in [0.1, 0.15) is 5.78 Å². The first-order valence-electron chi connectivity index (χ1n) is 14.1. The molecule has 2 N–H and O–H groups in total. The molecule has 3 heteroatoms. The third kappa shape index (κ3) is 3.87. The van der Waals surface area contributed by atoms with E-state index < -0.39 is 11.2 Å². The summed E-state index contributed by atoms with van der Waals surface area (Å²) in [6.07, 6.45) is 14.5. The van der Waals surface area contributed by atoms with Gasteiger partial charge in [0.2, 0.25) is 0 Å². The van der Waals surface area contributed by atoms with E-state index in [4.69, 9.17) is 0 Å². The van der Waals surface area contributed by atoms with E-state index in [1.807, 2.05) is 12.2 Å². The Kier molecular flexibility index (Phi) is 6.34. The second-order valence-electron chi connectivity index (χ2n) is 14.9. The van der Waals surface area contributed by atoms with Crippen molar-refractivity contribution in [1.82, 2.24) is 0 Å². The molecule has 4 fully saturated rings. The summed E-state index contributed by atoms with van der Waals surface area (Å²) in [6.45, 7) is 17.8. The Bertz CT molecular complexity index is 832. The minimum absolute atomic E-state index is 0.190. The molecule has 4 aliphatic carbocycles. The van der Waals surface area contributed by atoms with Crippen molar-refractivity contribution in [2.24, 2.45) is 45.3 Å². The van der Waals surface area contributed by atoms with Crippen LogP contribution in [0, 0.1) is 45.3 Å². The Morgan fingerprint density at radius 1 is 0.882 bits per heavy atom. The van der Waals surface area contributed by atoms with Crippen LogP contribution >= 0.6 is 0 Å². The maximum absolute atomic E-state index is 12.9. The zero-order chi connectivity index (χ0) is 25.4. The first-order valence-corrected chi connectivity index (χ1v) is 14.1. The lowest BCUT2D eigenvalue weighted by molar-refractivity contribution is -0.207. The fourth-order valence-corrected chi connectivity index (χ4v) is 10.2. The number of fused-ring (bicyclic) bond motifs is 5. The molecule has 3 nitrogen and oxygen atoms in total. The minimum atomic E-state index is -0.794. The maximum Gasteiger partial charge on any atom is 0.138 e. The lowest BCUT2D eigenvalue weighted by atomic mass is 9.35. The molecule has 0 heterocycles. The van der Waals surface area contributed by atoms with Gasteiger partial charge in [0.05, 0.1) is 11.2 Å². The smallest absolute Gasteiger partial charge is 0.138 e. The average Bonchev–Trinajstić information content (AvgIpc) is 3.07. The van der Waals surface area contributed by atoms with E-state index in [0.29, 0.717) is 29.5 Å². The molecule has 3 unspecified atom stereocenters. The summed E-state index contributed by atoms with van der Waals surface area (Å²) in [5.41, 5.74) is -0.865. The molecular formula is C31H52O3. The van der Waals surface area contributed by atoms with Gasteiger partial charge >= 0.3 is 0 Å². The molecule has 0 aliphatic heterocycles. The van der Waals surface area contributed by atoms with Gasteiger partial charge in [0.25, 0.3) is 0 Å². The van der Waals surface area contributed by atoms with Gasteiger partial charge in [0, 0.05) is 11.8 Å². The van der Waals surface area contributed by atoms with Crippen molar-refractivity contribution in [1.29, 1.82) is 0 Å². The van der Waals surface area contributed by atoms with Gasteiger partial charge in [-0.1, -0.05) is 46.8 Å². The standard InChI is InChI=1S/C31H52O3/c1-26(2,33)16-9-10-17-31(8,34)22-13-19-29(6)21(22)11-12-24-28(5)18-15-25(32)27(3,4)23(28)14-20-30(24,29)7/h9,16,21-24,33-34H,10-15,17-20H2,1-8H3/b16-9+/t21?,22-,23?,24?,28-,29+,30+,31-/m0/s1. The number of hydrogen-bond acceptors (Lipinski definition) is 3. The van der Waals surface area contributed by atoms with E-state index in [1.165, 1.54) is 32.1 Å². The van der Waals surface area contributed by atoms with Gasteiger partial charge in [-0.3, -0.25) is 4.79 Å². The lowest BCUT2D eigenvalue weighted by Crippen LogP contribution is -2.63. The van der Waals surface area contributed by atoms with Crippen molar-refractivity contribution in [2.45, 2.75) is 131 Å². The molecule has 4 aliphatic rings. The third-order valence-corrected chi connectivity index (χ3v) is 12.3. The number of ketones is 1. The first-order chi connectivity index (χ1) is 15.5. The summed E-state index contributed by atoms with van der Waals surface area (Å²) in [4.78, 5) is 12.9. The largest absolute Gasteiger partial charge is 0.390 e. The van der Waals surface area contributed by atoms with Crippen molar-refractivity contribution in [3.8, 4) is 0 Å². The Hall–Kier alpha value is -0.670. The van der Waals surface area contributed by atoms with Crippen molar-refractivity contribution in [3.63, 3.8) is 0 Å². The highest BCUT2D eigenvalue weighted by Gasteiger charge is 2.69. The summed E-state index contributed by atoms with van der Waals surface area (Å²) >= 11 is 0. The molecule has 0 aromatic rings. The second-order valence-corrected chi connectivity index (χ2v) is 14.9. The summed E-state index contributed by atoms with van der Waals surface area (Å²) in [5.74, 6) is 2.57. The first kappa shape index (κ1) is 26.4. The van der Waals surface area contributed by atoms with Gasteiger partial charge in [-0.15, -0.1) is 0 Å². The number of aliphatic hydroxyl groups is 2. The maximum atomic E-state index is 12.9. The molecule has 4 rings (SSSR count). The van der Waals surface area contributed by atoms with Crippen LogP contribution in [0.3, 0.4) is 0 Å². The molecule has 194 valence electrons. The zero-order valence-electron chi connectivity index (χ0n) is 23.3. The van der Waals surface area contributed by atoms with E-state index >= 15 is 0 Å². The summed E-state index contributed by atoms with van der Waals surface area (Å²) in [5, 5.41) is 21.6. The molecule has 0 aromatic heterocycles. The topological polar surface area (TPSA) is 57.5 Å². The van der Waals surface area contributed by atoms with E-state index in [9.17, 15) is 15.0 Å². The molecule has 8 atom stereocenters. The summed E-state index contributed by atoms with van der Waals surface area (Å²) in [6, 6.07) is 0. The SMILES string of the molecule is CC(C)(O)/C=C/CC[C@](C)(O)[C@H]1CC[C@]2(C)C1CCC1[C@@]3(C)CCC(=O)C(C)(C)C3CC[C@]12C. The monoisotopic (exact) mass is 472 g/mol. The Morgan fingerprint density at radius 3 is 2.18 bits per heavy atom. The summed E-state index contributed by atoms with van der Waals surface area (Å²) < 4.78 is 0. The fourth-order valence-electron chi connectivity index (χ4n) is 10.2. The number of Topliss-reactive ketones (excluding diaryl/α,β-unsaturated/α-hetero) is 1. The Balaban J connectivity index is 1.57. The molecular weight excluding hydrogens is 420 g/mol. The highest BCUT2D eigenvalue weighted by Crippen LogP contribution is 2.75. The third-order valence-electron chi connectivity index (χ3n) is 12.3. The van der Waals surface area contributed by atoms with Crippen molar-refractivity contribution in [3.05, 3.63) is 12.2 Å². The van der Waals surface area contributed by atoms with Gasteiger partial charge in [0.15, 0.2) is 0 Å². The molecule has 0 saturated heterocycles. The highest BCUT2D eigenvalue weighted by atomic mass is 16.3. The lowest BCUT2D eigenvalue weighted by Gasteiger charge is -2.69. The van der Waals surface area contributed by atoms with E-state index in [2.05, 4.69) is 41.5 Å². The van der Waals surface area contributed by atoms with E-state index in [-0.39, 0.29) is 21.7 Å². The van der Waals surface area contributed by atoms with Crippen LogP contribution in [0.1, 0.15) is 120 Å². The van der Waals surface area contributed by atoms with E-state index in [1.54, 1.807) is 13.8 Å². The van der Waals surface area contributed by atoms with Crippen LogP contribution in [-0.2, 0) is 4.79 Å². The second kappa shape index (κ2) is 8.17. The number of hydrogen-bond donors (Lipinski definition) is 2. The number of carbonyl (C=O) groups is 1. The van der Waals surface area contributed by atoms with Crippen LogP contribution in [0.25, 0.3) is 0 Å². The van der Waals surface area contributed by atoms with Gasteiger partial charge < -0.3 is 10.2 Å². The fraction of sp³-hybridized carbons (Fsp3) is 0.903. The van der Waals surface area contributed by atoms with Crippen LogP contribution in [0.4, 0.5) is 0 Å². The van der Waals surface area contributed by atoms with Crippen molar-refractivity contribution in [2.75, 3.05) is 0 Å². The molecule has 0 radical (unpaired) electrons. The van der Waals surface area contributed by atoms with Crippen molar-refractivity contribution >= 4 is 5.78 Å². The predicted molar refractivity (Wildman–Crippen MR) is 139 cm³/mol. The summed E-state index contributed by atoms with van der Waals surface area (Å²) in [7, 11) is 0. The molecule has 0 aromatic carbocycles. The number of allylic oxidation sites excluding steroid dienone is 1. The quantitative estimate of drug-likeness (QED) is 0.420.